The Kier molecular flexibility index (Phi) is 7.12. The quantitative estimate of drug-likeness (QED) is 0.725. The molecule has 1 aliphatic rings. The fourth-order valence-electron chi connectivity index (χ4n) is 3.08. The highest BCUT2D eigenvalue weighted by Crippen LogP contribution is 2.31. The molecule has 1 aromatic carbocycles. The fourth-order valence-corrected chi connectivity index (χ4v) is 4.29. The zero-order valence-electron chi connectivity index (χ0n) is 13.9. The topological polar surface area (TPSA) is 12.0 Å². The molecule has 0 aromatic heterocycles. The number of nitrogens with one attached hydrogen (secondary N) is 1. The third kappa shape index (κ3) is 5.34. The van der Waals surface area contributed by atoms with Gasteiger partial charge in [0.15, 0.2) is 0 Å². The molecule has 1 nitrogen and oxygen atoms in total. The molecule has 0 radical (unpaired) electrons. The highest BCUT2D eigenvalue weighted by atomic mass is 32.2. The van der Waals surface area contributed by atoms with E-state index in [0.717, 1.165) is 12.5 Å². The predicted octanol–water partition coefficient (Wildman–Crippen LogP) is 5.38. The molecule has 118 valence electrons. The first-order valence-electron chi connectivity index (χ1n) is 8.61. The van der Waals surface area contributed by atoms with Crippen LogP contribution < -0.4 is 5.32 Å². The van der Waals surface area contributed by atoms with Gasteiger partial charge in [0, 0.05) is 6.04 Å². The number of hydrogen-bond acceptors (Lipinski definition) is 2. The van der Waals surface area contributed by atoms with Crippen LogP contribution in [-0.2, 0) is 0 Å². The molecule has 0 bridgehead atoms. The third-order valence-electron chi connectivity index (χ3n) is 4.56. The summed E-state index contributed by atoms with van der Waals surface area (Å²) in [4.78, 5) is 0. The number of benzene rings is 1. The Labute approximate surface area is 135 Å². The molecule has 0 aliphatic carbocycles. The molecule has 1 N–H and O–H groups in total. The zero-order valence-corrected chi connectivity index (χ0v) is 14.7. The van der Waals surface area contributed by atoms with E-state index in [9.17, 15) is 0 Å². The third-order valence-corrected chi connectivity index (χ3v) is 5.60. The van der Waals surface area contributed by atoms with Gasteiger partial charge in [0.25, 0.3) is 0 Å². The molecule has 1 aromatic rings. The molecule has 1 aliphatic heterocycles. The minimum absolute atomic E-state index is 0.541. The van der Waals surface area contributed by atoms with Crippen LogP contribution in [-0.4, -0.2) is 18.1 Å². The Morgan fingerprint density at radius 2 is 1.71 bits per heavy atom. The van der Waals surface area contributed by atoms with Gasteiger partial charge in [0.1, 0.15) is 0 Å². The van der Waals surface area contributed by atoms with Gasteiger partial charge in [-0.3, -0.25) is 0 Å². The normalized spacial score (nSPS) is 18.1. The van der Waals surface area contributed by atoms with Crippen molar-refractivity contribution >= 4 is 11.8 Å². The van der Waals surface area contributed by atoms with Crippen LogP contribution in [0.25, 0.3) is 0 Å². The lowest BCUT2D eigenvalue weighted by Gasteiger charge is -2.27. The van der Waals surface area contributed by atoms with E-state index in [-0.39, 0.29) is 0 Å². The fraction of sp³-hybridized carbons (Fsp3) is 0.684. The summed E-state index contributed by atoms with van der Waals surface area (Å²) in [7, 11) is 0. The predicted molar refractivity (Wildman–Crippen MR) is 96.2 cm³/mol. The maximum atomic E-state index is 3.77. The number of hydrogen-bond donors (Lipinski definition) is 1. The summed E-state index contributed by atoms with van der Waals surface area (Å²) in [5.74, 6) is 4.25. The van der Waals surface area contributed by atoms with Gasteiger partial charge < -0.3 is 5.32 Å². The van der Waals surface area contributed by atoms with Crippen molar-refractivity contribution in [3.05, 3.63) is 35.4 Å². The standard InChI is InChI=1S/C19H31NS/c1-4-11-20-19(14-16-9-12-21-13-10-16)18-7-5-17(6-8-18)15(2)3/h5-8,15-16,19-20H,4,9-14H2,1-3H3. The number of rotatable bonds is 7. The first-order chi connectivity index (χ1) is 10.2. The lowest BCUT2D eigenvalue weighted by atomic mass is 9.89. The first kappa shape index (κ1) is 16.9. The SMILES string of the molecule is CCCNC(CC1CCSCC1)c1ccc(C(C)C)cc1. The Morgan fingerprint density at radius 1 is 1.10 bits per heavy atom. The van der Waals surface area contributed by atoms with E-state index in [1.54, 1.807) is 0 Å². The summed E-state index contributed by atoms with van der Waals surface area (Å²) >= 11 is 2.12. The van der Waals surface area contributed by atoms with Crippen LogP contribution >= 0.6 is 11.8 Å². The monoisotopic (exact) mass is 305 g/mol. The van der Waals surface area contributed by atoms with Gasteiger partial charge in [0.05, 0.1) is 0 Å². The van der Waals surface area contributed by atoms with Gasteiger partial charge in [-0.25, -0.2) is 0 Å². The van der Waals surface area contributed by atoms with Crippen LogP contribution in [0.4, 0.5) is 0 Å². The van der Waals surface area contributed by atoms with Crippen molar-refractivity contribution in [2.45, 2.75) is 58.4 Å². The Bertz CT molecular complexity index is 393. The molecule has 2 rings (SSSR count). The molecule has 1 fully saturated rings. The van der Waals surface area contributed by atoms with Crippen molar-refractivity contribution in [3.8, 4) is 0 Å². The zero-order chi connectivity index (χ0) is 15.1. The van der Waals surface area contributed by atoms with E-state index in [1.807, 2.05) is 0 Å². The van der Waals surface area contributed by atoms with Gasteiger partial charge in [-0.1, -0.05) is 45.0 Å². The highest BCUT2D eigenvalue weighted by molar-refractivity contribution is 7.99. The molecular formula is C19H31NS. The molecule has 1 saturated heterocycles. The largest absolute Gasteiger partial charge is 0.310 e. The molecule has 2 heteroatoms. The second-order valence-electron chi connectivity index (χ2n) is 6.62. The average molecular weight is 306 g/mol. The van der Waals surface area contributed by atoms with Crippen molar-refractivity contribution in [2.24, 2.45) is 5.92 Å². The van der Waals surface area contributed by atoms with Crippen molar-refractivity contribution < 1.29 is 0 Å². The van der Waals surface area contributed by atoms with Crippen molar-refractivity contribution in [1.82, 2.24) is 5.32 Å². The Hall–Kier alpha value is -0.470. The van der Waals surface area contributed by atoms with E-state index in [0.29, 0.717) is 12.0 Å². The highest BCUT2D eigenvalue weighted by Gasteiger charge is 2.20. The molecule has 0 amide bonds. The molecule has 0 saturated carbocycles. The lowest BCUT2D eigenvalue weighted by Crippen LogP contribution is -2.26. The maximum absolute atomic E-state index is 3.77. The Balaban J connectivity index is 2.02. The van der Waals surface area contributed by atoms with Crippen LogP contribution in [0.5, 0.6) is 0 Å². The summed E-state index contributed by atoms with van der Waals surface area (Å²) in [5.41, 5.74) is 2.92. The van der Waals surface area contributed by atoms with E-state index < -0.39 is 0 Å². The van der Waals surface area contributed by atoms with Gasteiger partial charge in [-0.2, -0.15) is 11.8 Å². The average Bonchev–Trinajstić information content (AvgIpc) is 2.52. The molecule has 1 unspecified atom stereocenters. The van der Waals surface area contributed by atoms with Crippen LogP contribution in [0.1, 0.15) is 69.5 Å². The minimum Gasteiger partial charge on any atom is -0.310 e. The van der Waals surface area contributed by atoms with Crippen LogP contribution in [0.2, 0.25) is 0 Å². The minimum atomic E-state index is 0.541. The summed E-state index contributed by atoms with van der Waals surface area (Å²) in [5, 5.41) is 3.77. The van der Waals surface area contributed by atoms with Crippen molar-refractivity contribution in [2.75, 3.05) is 18.1 Å². The van der Waals surface area contributed by atoms with Gasteiger partial charge >= 0.3 is 0 Å². The maximum Gasteiger partial charge on any atom is 0.0322 e. The van der Waals surface area contributed by atoms with Crippen molar-refractivity contribution in [3.63, 3.8) is 0 Å². The smallest absolute Gasteiger partial charge is 0.0322 e. The van der Waals surface area contributed by atoms with Gasteiger partial charge in [0.2, 0.25) is 0 Å². The van der Waals surface area contributed by atoms with E-state index in [4.69, 9.17) is 0 Å². The summed E-state index contributed by atoms with van der Waals surface area (Å²) in [6, 6.07) is 9.87. The van der Waals surface area contributed by atoms with Crippen LogP contribution in [0, 0.1) is 5.92 Å². The van der Waals surface area contributed by atoms with Crippen molar-refractivity contribution in [1.29, 1.82) is 0 Å². The molecule has 21 heavy (non-hydrogen) atoms. The van der Waals surface area contributed by atoms with Gasteiger partial charge in [-0.15, -0.1) is 0 Å². The molecular weight excluding hydrogens is 274 g/mol. The second-order valence-corrected chi connectivity index (χ2v) is 7.84. The second kappa shape index (κ2) is 8.85. The van der Waals surface area contributed by atoms with E-state index in [2.05, 4.69) is 62.1 Å². The van der Waals surface area contributed by atoms with E-state index in [1.165, 1.54) is 48.3 Å². The Morgan fingerprint density at radius 3 is 2.29 bits per heavy atom. The van der Waals surface area contributed by atoms with Gasteiger partial charge in [-0.05, 0) is 66.7 Å². The van der Waals surface area contributed by atoms with E-state index >= 15 is 0 Å². The summed E-state index contributed by atoms with van der Waals surface area (Å²) in [6.07, 6.45) is 5.32. The lowest BCUT2D eigenvalue weighted by molar-refractivity contribution is 0.370. The summed E-state index contributed by atoms with van der Waals surface area (Å²) < 4.78 is 0. The molecule has 0 spiro atoms. The molecule has 1 heterocycles. The number of thioether (sulfide) groups is 1. The molecule has 1 atom stereocenters. The van der Waals surface area contributed by atoms with Crippen LogP contribution in [0.15, 0.2) is 24.3 Å². The first-order valence-corrected chi connectivity index (χ1v) is 9.77. The van der Waals surface area contributed by atoms with Crippen LogP contribution in [0.3, 0.4) is 0 Å². The summed E-state index contributed by atoms with van der Waals surface area (Å²) in [6.45, 7) is 7.91.